The Morgan fingerprint density at radius 2 is 2.25 bits per heavy atom. The van der Waals surface area contributed by atoms with Crippen molar-refractivity contribution in [3.8, 4) is 0 Å². The number of rotatable bonds is 3. The third-order valence-corrected chi connectivity index (χ3v) is 2.12. The highest BCUT2D eigenvalue weighted by molar-refractivity contribution is 6.02. The van der Waals surface area contributed by atoms with Gasteiger partial charge in [0.25, 0.3) is 11.8 Å². The molecule has 12 heavy (non-hydrogen) atoms. The molecule has 0 spiro atoms. The van der Waals surface area contributed by atoms with Crippen LogP contribution in [0.5, 0.6) is 0 Å². The van der Waals surface area contributed by atoms with Gasteiger partial charge in [-0.05, 0) is 6.42 Å². The lowest BCUT2D eigenvalue weighted by atomic mass is 10.0. The van der Waals surface area contributed by atoms with Gasteiger partial charge in [0.15, 0.2) is 0 Å². The van der Waals surface area contributed by atoms with Gasteiger partial charge in [0.1, 0.15) is 0 Å². The number of carbonyl (C=O) groups is 2. The SMILES string of the molecule is CCCCC1CC(=O)N(O)C1=O. The average Bonchev–Trinajstić information content (AvgIpc) is 2.30. The fourth-order valence-corrected chi connectivity index (χ4v) is 1.36. The molecule has 1 saturated heterocycles. The molecular formula is C8H13NO3. The van der Waals surface area contributed by atoms with Gasteiger partial charge < -0.3 is 0 Å². The van der Waals surface area contributed by atoms with Crippen molar-refractivity contribution in [2.24, 2.45) is 5.92 Å². The molecule has 0 saturated carbocycles. The smallest absolute Gasteiger partial charge is 0.256 e. The summed E-state index contributed by atoms with van der Waals surface area (Å²) in [6, 6.07) is 0. The van der Waals surface area contributed by atoms with Gasteiger partial charge in [-0.25, -0.2) is 0 Å². The van der Waals surface area contributed by atoms with Crippen LogP contribution in [0.2, 0.25) is 0 Å². The molecule has 0 aromatic carbocycles. The molecule has 0 aromatic rings. The molecule has 1 unspecified atom stereocenters. The molecule has 1 atom stereocenters. The highest BCUT2D eigenvalue weighted by Gasteiger charge is 2.37. The first kappa shape index (κ1) is 9.19. The quantitative estimate of drug-likeness (QED) is 0.508. The van der Waals surface area contributed by atoms with Crippen LogP contribution in [0.15, 0.2) is 0 Å². The van der Waals surface area contributed by atoms with Crippen LogP contribution in [-0.2, 0) is 9.59 Å². The van der Waals surface area contributed by atoms with Gasteiger partial charge in [0.2, 0.25) is 0 Å². The Hall–Kier alpha value is -0.900. The third-order valence-electron chi connectivity index (χ3n) is 2.12. The normalized spacial score (nSPS) is 23.8. The van der Waals surface area contributed by atoms with Crippen LogP contribution in [0.1, 0.15) is 32.6 Å². The van der Waals surface area contributed by atoms with Crippen molar-refractivity contribution in [1.29, 1.82) is 0 Å². The second-order valence-electron chi connectivity index (χ2n) is 3.09. The van der Waals surface area contributed by atoms with E-state index in [-0.39, 0.29) is 17.4 Å². The van der Waals surface area contributed by atoms with E-state index >= 15 is 0 Å². The van der Waals surface area contributed by atoms with E-state index in [1.54, 1.807) is 0 Å². The maximum atomic E-state index is 11.1. The van der Waals surface area contributed by atoms with Crippen molar-refractivity contribution in [3.05, 3.63) is 0 Å². The van der Waals surface area contributed by atoms with Gasteiger partial charge in [0.05, 0.1) is 0 Å². The summed E-state index contributed by atoms with van der Waals surface area (Å²) in [5.41, 5.74) is 0. The average molecular weight is 171 g/mol. The predicted octanol–water partition coefficient (Wildman–Crippen LogP) is 0.941. The van der Waals surface area contributed by atoms with Crippen molar-refractivity contribution in [2.75, 3.05) is 0 Å². The zero-order chi connectivity index (χ0) is 9.14. The number of amides is 2. The molecule has 1 rings (SSSR count). The monoisotopic (exact) mass is 171 g/mol. The molecule has 0 bridgehead atoms. The van der Waals surface area contributed by atoms with Crippen LogP contribution in [0.4, 0.5) is 0 Å². The highest BCUT2D eigenvalue weighted by Crippen LogP contribution is 2.22. The van der Waals surface area contributed by atoms with Crippen molar-refractivity contribution >= 4 is 11.8 Å². The summed E-state index contributed by atoms with van der Waals surface area (Å²) in [6.07, 6.45) is 2.81. The predicted molar refractivity (Wildman–Crippen MR) is 41.3 cm³/mol. The summed E-state index contributed by atoms with van der Waals surface area (Å²) in [4.78, 5) is 21.9. The van der Waals surface area contributed by atoms with E-state index in [0.717, 1.165) is 12.8 Å². The second kappa shape index (κ2) is 3.67. The Balaban J connectivity index is 2.47. The first-order valence-electron chi connectivity index (χ1n) is 4.22. The van der Waals surface area contributed by atoms with Crippen molar-refractivity contribution in [2.45, 2.75) is 32.6 Å². The van der Waals surface area contributed by atoms with Gasteiger partial charge in [-0.3, -0.25) is 14.8 Å². The minimum Gasteiger partial charge on any atom is -0.279 e. The number of carbonyl (C=O) groups excluding carboxylic acids is 2. The molecule has 4 heteroatoms. The first-order valence-corrected chi connectivity index (χ1v) is 4.22. The molecule has 1 aliphatic heterocycles. The van der Waals surface area contributed by atoms with E-state index in [2.05, 4.69) is 0 Å². The molecule has 68 valence electrons. The van der Waals surface area contributed by atoms with Crippen LogP contribution in [-0.4, -0.2) is 22.1 Å². The van der Waals surface area contributed by atoms with Crippen molar-refractivity contribution in [3.63, 3.8) is 0 Å². The fraction of sp³-hybridized carbons (Fsp3) is 0.750. The summed E-state index contributed by atoms with van der Waals surface area (Å²) >= 11 is 0. The molecule has 1 N–H and O–H groups in total. The fourth-order valence-electron chi connectivity index (χ4n) is 1.36. The van der Waals surface area contributed by atoms with Gasteiger partial charge in [-0.15, -0.1) is 0 Å². The minimum absolute atomic E-state index is 0.176. The topological polar surface area (TPSA) is 57.6 Å². The molecule has 1 aliphatic rings. The summed E-state index contributed by atoms with van der Waals surface area (Å²) in [7, 11) is 0. The van der Waals surface area contributed by atoms with Gasteiger partial charge >= 0.3 is 0 Å². The van der Waals surface area contributed by atoms with Gasteiger partial charge in [-0.2, -0.15) is 5.06 Å². The van der Waals surface area contributed by atoms with E-state index in [1.165, 1.54) is 0 Å². The summed E-state index contributed by atoms with van der Waals surface area (Å²) in [5, 5.41) is 9.12. The lowest BCUT2D eigenvalue weighted by Crippen LogP contribution is -2.26. The number of unbranched alkanes of at least 4 members (excludes halogenated alkanes) is 1. The molecular weight excluding hydrogens is 158 g/mol. The zero-order valence-electron chi connectivity index (χ0n) is 7.12. The maximum Gasteiger partial charge on any atom is 0.256 e. The highest BCUT2D eigenvalue weighted by atomic mass is 16.5. The van der Waals surface area contributed by atoms with Crippen LogP contribution in [0, 0.1) is 5.92 Å². The zero-order valence-corrected chi connectivity index (χ0v) is 7.12. The van der Waals surface area contributed by atoms with E-state index in [9.17, 15) is 9.59 Å². The Kier molecular flexibility index (Phi) is 2.81. The van der Waals surface area contributed by atoms with Crippen LogP contribution in [0.3, 0.4) is 0 Å². The minimum atomic E-state index is -0.471. The van der Waals surface area contributed by atoms with Crippen LogP contribution >= 0.6 is 0 Å². The first-order chi connectivity index (χ1) is 5.66. The van der Waals surface area contributed by atoms with Gasteiger partial charge in [-0.1, -0.05) is 19.8 Å². The lowest BCUT2D eigenvalue weighted by Gasteiger charge is -2.05. The maximum absolute atomic E-state index is 11.1. The summed E-state index contributed by atoms with van der Waals surface area (Å²) in [6.45, 7) is 2.03. The Morgan fingerprint density at radius 1 is 1.58 bits per heavy atom. The lowest BCUT2D eigenvalue weighted by molar-refractivity contribution is -0.172. The summed E-state index contributed by atoms with van der Waals surface area (Å²) < 4.78 is 0. The molecule has 0 radical (unpaired) electrons. The Labute approximate surface area is 71.1 Å². The van der Waals surface area contributed by atoms with E-state index in [1.807, 2.05) is 6.92 Å². The Bertz CT molecular complexity index is 202. The molecule has 2 amide bonds. The number of imide groups is 1. The van der Waals surface area contributed by atoms with Crippen molar-refractivity contribution < 1.29 is 14.8 Å². The van der Waals surface area contributed by atoms with Gasteiger partial charge in [0, 0.05) is 12.3 Å². The summed E-state index contributed by atoms with van der Waals surface area (Å²) in [5.74, 6) is -1.18. The van der Waals surface area contributed by atoms with E-state index in [0.29, 0.717) is 6.42 Å². The number of nitrogens with zero attached hydrogens (tertiary/aromatic N) is 1. The molecule has 0 aromatic heterocycles. The van der Waals surface area contributed by atoms with E-state index < -0.39 is 11.8 Å². The Morgan fingerprint density at radius 3 is 2.67 bits per heavy atom. The van der Waals surface area contributed by atoms with Crippen LogP contribution < -0.4 is 0 Å². The molecule has 1 fully saturated rings. The third kappa shape index (κ3) is 1.64. The largest absolute Gasteiger partial charge is 0.279 e. The molecule has 4 nitrogen and oxygen atoms in total. The second-order valence-corrected chi connectivity index (χ2v) is 3.09. The van der Waals surface area contributed by atoms with Crippen molar-refractivity contribution in [1.82, 2.24) is 5.06 Å². The molecule has 1 heterocycles. The number of hydrogen-bond acceptors (Lipinski definition) is 3. The number of hydrogen-bond donors (Lipinski definition) is 1. The van der Waals surface area contributed by atoms with E-state index in [4.69, 9.17) is 5.21 Å². The van der Waals surface area contributed by atoms with Crippen LogP contribution in [0.25, 0.3) is 0 Å². The standard InChI is InChI=1S/C8H13NO3/c1-2-3-4-6-5-7(10)9(12)8(6)11/h6,12H,2-5H2,1H3. The molecule has 0 aliphatic carbocycles. The number of hydroxylamine groups is 2.